The molecule has 0 aromatic heterocycles. The molecule has 0 aliphatic heterocycles. The molecule has 2 aromatic rings. The second kappa shape index (κ2) is 5.82. The van der Waals surface area contributed by atoms with Crippen molar-refractivity contribution in [1.82, 2.24) is 0 Å². The Morgan fingerprint density at radius 1 is 1.06 bits per heavy atom. The fourth-order valence-corrected chi connectivity index (χ4v) is 2.19. The van der Waals surface area contributed by atoms with Gasteiger partial charge in [0.15, 0.2) is 11.6 Å². The van der Waals surface area contributed by atoms with E-state index < -0.39 is 5.82 Å². The van der Waals surface area contributed by atoms with Crippen LogP contribution in [0.1, 0.15) is 5.56 Å². The van der Waals surface area contributed by atoms with Crippen LogP contribution in [-0.2, 0) is 6.54 Å². The highest BCUT2D eigenvalue weighted by Crippen LogP contribution is 2.31. The van der Waals surface area contributed by atoms with E-state index >= 15 is 0 Å². The largest absolute Gasteiger partial charge is 0.454 e. The van der Waals surface area contributed by atoms with Crippen molar-refractivity contribution in [3.8, 4) is 11.5 Å². The molecule has 0 unspecified atom stereocenters. The molecule has 0 aliphatic carbocycles. The van der Waals surface area contributed by atoms with Gasteiger partial charge >= 0.3 is 0 Å². The van der Waals surface area contributed by atoms with Crippen molar-refractivity contribution in [3.63, 3.8) is 0 Å². The molecule has 0 heterocycles. The maximum Gasteiger partial charge on any atom is 0.180 e. The van der Waals surface area contributed by atoms with Gasteiger partial charge in [-0.25, -0.2) is 4.39 Å². The van der Waals surface area contributed by atoms with Gasteiger partial charge in [0.2, 0.25) is 0 Å². The molecule has 18 heavy (non-hydrogen) atoms. The molecule has 2 N–H and O–H groups in total. The van der Waals surface area contributed by atoms with Crippen LogP contribution in [0.25, 0.3) is 0 Å². The fourth-order valence-electron chi connectivity index (χ4n) is 1.44. The van der Waals surface area contributed by atoms with Crippen molar-refractivity contribution < 1.29 is 9.13 Å². The second-order valence-electron chi connectivity index (χ2n) is 3.61. The summed E-state index contributed by atoms with van der Waals surface area (Å²) in [5.74, 6) is 0.298. The third kappa shape index (κ3) is 2.91. The lowest BCUT2D eigenvalue weighted by Gasteiger charge is -2.10. The highest BCUT2D eigenvalue weighted by molar-refractivity contribution is 9.10. The van der Waals surface area contributed by atoms with E-state index in [1.165, 1.54) is 0 Å². The quantitative estimate of drug-likeness (QED) is 0.851. The molecule has 0 bridgehead atoms. The minimum Gasteiger partial charge on any atom is -0.454 e. The van der Waals surface area contributed by atoms with Crippen molar-refractivity contribution in [2.75, 3.05) is 0 Å². The number of hydrogen-bond donors (Lipinski definition) is 1. The van der Waals surface area contributed by atoms with E-state index in [0.717, 1.165) is 4.47 Å². The van der Waals surface area contributed by atoms with Crippen molar-refractivity contribution in [2.24, 2.45) is 5.73 Å². The highest BCUT2D eigenvalue weighted by atomic mass is 79.9. The van der Waals surface area contributed by atoms with Gasteiger partial charge in [0, 0.05) is 11.0 Å². The summed E-state index contributed by atoms with van der Waals surface area (Å²) in [5, 5.41) is 0. The van der Waals surface area contributed by atoms with Crippen LogP contribution in [0.3, 0.4) is 0 Å². The Balaban J connectivity index is 2.29. The summed E-state index contributed by atoms with van der Waals surface area (Å²) >= 11 is 6.50. The molecule has 0 saturated heterocycles. The van der Waals surface area contributed by atoms with Gasteiger partial charge < -0.3 is 10.5 Å². The standard InChI is InChI=1S/C13H10Br2FNO/c14-9-2-4-10(5-3-9)18-11-6-1-8(7-17)12(15)13(11)16/h1-6H,7,17H2. The van der Waals surface area contributed by atoms with E-state index in [2.05, 4.69) is 31.9 Å². The lowest BCUT2D eigenvalue weighted by Crippen LogP contribution is -2.00. The van der Waals surface area contributed by atoms with Gasteiger partial charge in [0.1, 0.15) is 5.75 Å². The number of benzene rings is 2. The molecule has 0 aliphatic rings. The Labute approximate surface area is 121 Å². The zero-order chi connectivity index (χ0) is 13.1. The van der Waals surface area contributed by atoms with Gasteiger partial charge in [-0.2, -0.15) is 0 Å². The van der Waals surface area contributed by atoms with Crippen LogP contribution in [-0.4, -0.2) is 0 Å². The Morgan fingerprint density at radius 2 is 1.72 bits per heavy atom. The van der Waals surface area contributed by atoms with Crippen molar-refractivity contribution in [1.29, 1.82) is 0 Å². The zero-order valence-electron chi connectivity index (χ0n) is 9.29. The summed E-state index contributed by atoms with van der Waals surface area (Å²) in [7, 11) is 0. The van der Waals surface area contributed by atoms with E-state index in [1.54, 1.807) is 24.3 Å². The van der Waals surface area contributed by atoms with Crippen LogP contribution in [0, 0.1) is 5.82 Å². The molecule has 0 saturated carbocycles. The number of ether oxygens (including phenoxy) is 1. The summed E-state index contributed by atoms with van der Waals surface area (Å²) < 4.78 is 20.7. The van der Waals surface area contributed by atoms with Gasteiger partial charge in [-0.1, -0.05) is 22.0 Å². The molecular weight excluding hydrogens is 365 g/mol. The van der Waals surface area contributed by atoms with Crippen molar-refractivity contribution in [2.45, 2.75) is 6.54 Å². The smallest absolute Gasteiger partial charge is 0.180 e. The van der Waals surface area contributed by atoms with Crippen LogP contribution in [0.5, 0.6) is 11.5 Å². The van der Waals surface area contributed by atoms with Gasteiger partial charge in [-0.3, -0.25) is 0 Å². The van der Waals surface area contributed by atoms with Gasteiger partial charge in [-0.05, 0) is 51.8 Å². The summed E-state index contributed by atoms with van der Waals surface area (Å²) in [6.07, 6.45) is 0. The molecule has 2 rings (SSSR count). The van der Waals surface area contributed by atoms with Crippen LogP contribution < -0.4 is 10.5 Å². The number of halogens is 3. The number of hydrogen-bond acceptors (Lipinski definition) is 2. The fraction of sp³-hybridized carbons (Fsp3) is 0.0769. The van der Waals surface area contributed by atoms with E-state index in [1.807, 2.05) is 12.1 Å². The van der Waals surface area contributed by atoms with Crippen LogP contribution in [0.2, 0.25) is 0 Å². The molecule has 0 amide bonds. The van der Waals surface area contributed by atoms with Crippen LogP contribution in [0.4, 0.5) is 4.39 Å². The third-order valence-electron chi connectivity index (χ3n) is 2.39. The SMILES string of the molecule is NCc1ccc(Oc2ccc(Br)cc2)c(F)c1Br. The Morgan fingerprint density at radius 3 is 2.33 bits per heavy atom. The maximum atomic E-state index is 14.0. The van der Waals surface area contributed by atoms with Gasteiger partial charge in [0.25, 0.3) is 0 Å². The summed E-state index contributed by atoms with van der Waals surface area (Å²) in [6.45, 7) is 0.274. The predicted octanol–water partition coefficient (Wildman–Crippen LogP) is 4.60. The first-order valence-corrected chi connectivity index (χ1v) is 6.81. The number of rotatable bonds is 3. The molecule has 0 radical (unpaired) electrons. The van der Waals surface area contributed by atoms with E-state index in [0.29, 0.717) is 15.8 Å². The lowest BCUT2D eigenvalue weighted by atomic mass is 10.2. The summed E-state index contributed by atoms with van der Waals surface area (Å²) in [4.78, 5) is 0. The molecule has 5 heteroatoms. The molecule has 94 valence electrons. The zero-order valence-corrected chi connectivity index (χ0v) is 12.5. The van der Waals surface area contributed by atoms with Crippen LogP contribution >= 0.6 is 31.9 Å². The normalized spacial score (nSPS) is 10.4. The molecule has 0 atom stereocenters. The highest BCUT2D eigenvalue weighted by Gasteiger charge is 2.12. The Bertz CT molecular complexity index is 558. The average molecular weight is 375 g/mol. The third-order valence-corrected chi connectivity index (χ3v) is 3.77. The molecular formula is C13H10Br2FNO. The monoisotopic (exact) mass is 373 g/mol. The Kier molecular flexibility index (Phi) is 4.37. The van der Waals surface area contributed by atoms with E-state index in [9.17, 15) is 4.39 Å². The summed E-state index contributed by atoms with van der Waals surface area (Å²) in [5.41, 5.74) is 6.20. The minimum absolute atomic E-state index is 0.168. The first kappa shape index (κ1) is 13.5. The van der Waals surface area contributed by atoms with Crippen molar-refractivity contribution >= 4 is 31.9 Å². The predicted molar refractivity (Wildman–Crippen MR) is 76.2 cm³/mol. The van der Waals surface area contributed by atoms with Gasteiger partial charge in [0.05, 0.1) is 4.47 Å². The van der Waals surface area contributed by atoms with Crippen molar-refractivity contribution in [3.05, 3.63) is 56.7 Å². The first-order valence-electron chi connectivity index (χ1n) is 5.22. The topological polar surface area (TPSA) is 35.2 Å². The average Bonchev–Trinajstić information content (AvgIpc) is 2.38. The van der Waals surface area contributed by atoms with Gasteiger partial charge in [-0.15, -0.1) is 0 Å². The summed E-state index contributed by atoms with van der Waals surface area (Å²) in [6, 6.07) is 10.5. The molecule has 0 spiro atoms. The molecule has 2 aromatic carbocycles. The maximum absolute atomic E-state index is 14.0. The second-order valence-corrected chi connectivity index (χ2v) is 5.32. The molecule has 0 fully saturated rings. The first-order chi connectivity index (χ1) is 8.61. The minimum atomic E-state index is -0.444. The molecule has 2 nitrogen and oxygen atoms in total. The van der Waals surface area contributed by atoms with E-state index in [4.69, 9.17) is 10.5 Å². The van der Waals surface area contributed by atoms with E-state index in [-0.39, 0.29) is 12.3 Å². The Hall–Kier alpha value is -0.910. The van der Waals surface area contributed by atoms with Crippen LogP contribution in [0.15, 0.2) is 45.3 Å². The lowest BCUT2D eigenvalue weighted by molar-refractivity contribution is 0.439. The number of nitrogens with two attached hydrogens (primary N) is 1.